The first-order valence-corrected chi connectivity index (χ1v) is 8.00. The van der Waals surface area contributed by atoms with Crippen LogP contribution in [0.2, 0.25) is 0 Å². The molecule has 2 unspecified atom stereocenters. The van der Waals surface area contributed by atoms with Gasteiger partial charge in [-0.1, -0.05) is 92.3 Å². The molecule has 2 rings (SSSR count). The van der Waals surface area contributed by atoms with Crippen LogP contribution in [-0.4, -0.2) is 0 Å². The molecule has 0 radical (unpaired) electrons. The molecule has 0 spiro atoms. The highest BCUT2D eigenvalue weighted by atomic mass is 14.2. The van der Waals surface area contributed by atoms with Gasteiger partial charge in [-0.25, -0.2) is 0 Å². The third kappa shape index (κ3) is 3.57. The zero-order valence-corrected chi connectivity index (χ0v) is 14.1. The Morgan fingerprint density at radius 3 is 2.27 bits per heavy atom. The molecular formula is C22H26. The summed E-state index contributed by atoms with van der Waals surface area (Å²) in [5.74, 6) is 0.853. The van der Waals surface area contributed by atoms with Crippen LogP contribution in [0.25, 0.3) is 11.6 Å². The summed E-state index contributed by atoms with van der Waals surface area (Å²) in [5, 5.41) is 0. The lowest BCUT2D eigenvalue weighted by Gasteiger charge is -2.18. The second kappa shape index (κ2) is 7.26. The molecule has 0 amide bonds. The minimum Gasteiger partial charge on any atom is -0.0984 e. The van der Waals surface area contributed by atoms with Gasteiger partial charge in [-0.15, -0.1) is 0 Å². The van der Waals surface area contributed by atoms with Gasteiger partial charge in [0, 0.05) is 0 Å². The van der Waals surface area contributed by atoms with E-state index in [2.05, 4.69) is 88.9 Å². The van der Waals surface area contributed by atoms with E-state index in [9.17, 15) is 0 Å². The first-order chi connectivity index (χ1) is 10.5. The third-order valence-corrected chi connectivity index (χ3v) is 4.58. The topological polar surface area (TPSA) is 0 Å². The molecule has 2 atom stereocenters. The number of rotatable bonds is 2. The molecule has 0 bridgehead atoms. The minimum atomic E-state index is 0.412. The van der Waals surface area contributed by atoms with Crippen molar-refractivity contribution in [2.45, 2.75) is 27.7 Å². The Morgan fingerprint density at radius 2 is 1.59 bits per heavy atom. The first kappa shape index (κ1) is 16.3. The molecule has 0 aliphatic heterocycles. The molecule has 1 aliphatic carbocycles. The van der Waals surface area contributed by atoms with Crippen LogP contribution in [0.1, 0.15) is 38.8 Å². The van der Waals surface area contributed by atoms with Crippen molar-refractivity contribution in [1.82, 2.24) is 0 Å². The molecule has 1 aromatic carbocycles. The second-order valence-electron chi connectivity index (χ2n) is 6.12. The predicted molar refractivity (Wildman–Crippen MR) is 99.5 cm³/mol. The van der Waals surface area contributed by atoms with E-state index in [0.29, 0.717) is 11.8 Å². The van der Waals surface area contributed by atoms with Crippen LogP contribution in [-0.2, 0) is 0 Å². The number of hydrogen-bond acceptors (Lipinski definition) is 0. The molecule has 1 aromatic rings. The van der Waals surface area contributed by atoms with Crippen molar-refractivity contribution in [3.63, 3.8) is 0 Å². The first-order valence-electron chi connectivity index (χ1n) is 8.00. The zero-order chi connectivity index (χ0) is 16.1. The van der Waals surface area contributed by atoms with Crippen molar-refractivity contribution in [3.05, 3.63) is 83.5 Å². The fourth-order valence-corrected chi connectivity index (χ4v) is 2.69. The summed E-state index contributed by atoms with van der Waals surface area (Å²) in [5.41, 5.74) is 6.57. The summed E-state index contributed by atoms with van der Waals surface area (Å²) in [6.07, 6.45) is 13.1. The van der Waals surface area contributed by atoms with E-state index < -0.39 is 0 Å². The molecule has 0 nitrogen and oxygen atoms in total. The van der Waals surface area contributed by atoms with Gasteiger partial charge in [0.15, 0.2) is 0 Å². The van der Waals surface area contributed by atoms with Gasteiger partial charge in [0.1, 0.15) is 0 Å². The van der Waals surface area contributed by atoms with Crippen molar-refractivity contribution in [1.29, 1.82) is 0 Å². The van der Waals surface area contributed by atoms with E-state index in [1.807, 2.05) is 6.08 Å². The summed E-state index contributed by atoms with van der Waals surface area (Å²) in [6, 6.07) is 8.51. The van der Waals surface area contributed by atoms with Crippen LogP contribution in [0.15, 0.2) is 72.4 Å². The fraction of sp³-hybridized carbons (Fsp3) is 0.273. The van der Waals surface area contributed by atoms with Crippen molar-refractivity contribution >= 4 is 11.6 Å². The molecule has 0 saturated carbocycles. The zero-order valence-electron chi connectivity index (χ0n) is 14.1. The van der Waals surface area contributed by atoms with Gasteiger partial charge in [0.2, 0.25) is 0 Å². The molecule has 0 aromatic heterocycles. The Balaban J connectivity index is 2.68. The summed E-state index contributed by atoms with van der Waals surface area (Å²) >= 11 is 0. The Kier molecular flexibility index (Phi) is 5.38. The monoisotopic (exact) mass is 290 g/mol. The van der Waals surface area contributed by atoms with Crippen molar-refractivity contribution < 1.29 is 0 Å². The van der Waals surface area contributed by atoms with Gasteiger partial charge >= 0.3 is 0 Å². The van der Waals surface area contributed by atoms with Gasteiger partial charge in [0.25, 0.3) is 0 Å². The predicted octanol–water partition coefficient (Wildman–Crippen LogP) is 6.45. The van der Waals surface area contributed by atoms with Crippen LogP contribution < -0.4 is 0 Å². The minimum absolute atomic E-state index is 0.412. The normalized spacial score (nSPS) is 31.0. The van der Waals surface area contributed by atoms with Crippen molar-refractivity contribution in [3.8, 4) is 0 Å². The number of benzene rings is 1. The van der Waals surface area contributed by atoms with E-state index in [1.54, 1.807) is 0 Å². The van der Waals surface area contributed by atoms with E-state index >= 15 is 0 Å². The third-order valence-electron chi connectivity index (χ3n) is 4.58. The molecule has 22 heavy (non-hydrogen) atoms. The van der Waals surface area contributed by atoms with Crippen LogP contribution in [0.3, 0.4) is 0 Å². The lowest BCUT2D eigenvalue weighted by Crippen LogP contribution is -2.01. The van der Waals surface area contributed by atoms with E-state index in [4.69, 9.17) is 0 Å². The lowest BCUT2D eigenvalue weighted by atomic mass is 9.86. The molecular weight excluding hydrogens is 264 g/mol. The van der Waals surface area contributed by atoms with Gasteiger partial charge in [-0.05, 0) is 42.4 Å². The van der Waals surface area contributed by atoms with E-state index in [1.165, 1.54) is 27.8 Å². The highest BCUT2D eigenvalue weighted by Crippen LogP contribution is 2.31. The Bertz CT molecular complexity index is 665. The Hall–Kier alpha value is -2.08. The Labute approximate surface area is 135 Å². The smallest absolute Gasteiger partial charge is 0.00421 e. The second-order valence-corrected chi connectivity index (χ2v) is 6.12. The number of hydrogen-bond donors (Lipinski definition) is 0. The SMILES string of the molecule is C=Cc1ccccc1C1=C(\C)C(C)/C=C\C=C/C(C)/C(C)=C\1. The van der Waals surface area contributed by atoms with Gasteiger partial charge < -0.3 is 0 Å². The lowest BCUT2D eigenvalue weighted by molar-refractivity contribution is 0.848. The quantitative estimate of drug-likeness (QED) is 0.587. The number of allylic oxidation sites excluding steroid dienone is 8. The van der Waals surface area contributed by atoms with Gasteiger partial charge in [-0.2, -0.15) is 0 Å². The van der Waals surface area contributed by atoms with Crippen molar-refractivity contribution in [2.24, 2.45) is 11.8 Å². The molecule has 1 aliphatic rings. The van der Waals surface area contributed by atoms with Crippen LogP contribution >= 0.6 is 0 Å². The van der Waals surface area contributed by atoms with Crippen LogP contribution in [0.4, 0.5) is 0 Å². The average Bonchev–Trinajstić information content (AvgIpc) is 2.54. The highest BCUT2D eigenvalue weighted by Gasteiger charge is 2.13. The maximum atomic E-state index is 3.97. The summed E-state index contributed by atoms with van der Waals surface area (Å²) in [6.45, 7) is 12.9. The molecule has 0 saturated heterocycles. The van der Waals surface area contributed by atoms with Crippen LogP contribution in [0, 0.1) is 11.8 Å². The summed E-state index contributed by atoms with van der Waals surface area (Å²) in [7, 11) is 0. The van der Waals surface area contributed by atoms with Gasteiger partial charge in [0.05, 0.1) is 0 Å². The fourth-order valence-electron chi connectivity index (χ4n) is 2.69. The van der Waals surface area contributed by atoms with E-state index in [0.717, 1.165) is 0 Å². The molecule has 0 heterocycles. The largest absolute Gasteiger partial charge is 0.0984 e. The maximum absolute atomic E-state index is 3.97. The summed E-state index contributed by atoms with van der Waals surface area (Å²) < 4.78 is 0. The average molecular weight is 290 g/mol. The highest BCUT2D eigenvalue weighted by molar-refractivity contribution is 5.82. The standard InChI is InChI=1S/C22H26/c1-6-20-13-9-10-14-21(20)22-15-18(4)16(2)11-7-8-12-17(3)19(22)5/h6-17H,1H2,2-5H3/b11-7-,12-8-,18-15-,22-19+. The van der Waals surface area contributed by atoms with Gasteiger partial charge in [-0.3, -0.25) is 0 Å². The molecule has 0 fully saturated rings. The van der Waals surface area contributed by atoms with E-state index in [-0.39, 0.29) is 0 Å². The van der Waals surface area contributed by atoms with Crippen molar-refractivity contribution in [2.75, 3.05) is 0 Å². The molecule has 0 N–H and O–H groups in total. The maximum Gasteiger partial charge on any atom is -0.00421 e. The Morgan fingerprint density at radius 1 is 0.955 bits per heavy atom. The van der Waals surface area contributed by atoms with Crippen LogP contribution in [0.5, 0.6) is 0 Å². The molecule has 114 valence electrons. The summed E-state index contributed by atoms with van der Waals surface area (Å²) in [4.78, 5) is 0. The molecule has 0 heteroatoms.